The van der Waals surface area contributed by atoms with Crippen LogP contribution >= 0.6 is 0 Å². The van der Waals surface area contributed by atoms with Crippen LogP contribution < -0.4 is 14.8 Å². The van der Waals surface area contributed by atoms with Crippen molar-refractivity contribution >= 4 is 5.91 Å². The number of aryl methyl sites for hydroxylation is 1. The SMILES string of the molecule is COc1ccc(C(CNC(=O)Cc2cc(C)on2)N2CCCC2)cc1OC. The molecule has 7 heteroatoms. The summed E-state index contributed by atoms with van der Waals surface area (Å²) >= 11 is 0. The first-order valence-electron chi connectivity index (χ1n) is 9.25. The van der Waals surface area contributed by atoms with E-state index in [1.54, 1.807) is 20.3 Å². The number of likely N-dealkylation sites (tertiary alicyclic amines) is 1. The molecule has 2 aromatic rings. The molecule has 1 saturated heterocycles. The van der Waals surface area contributed by atoms with Gasteiger partial charge in [-0.3, -0.25) is 9.69 Å². The molecule has 1 fully saturated rings. The van der Waals surface area contributed by atoms with Crippen LogP contribution in [0.15, 0.2) is 28.8 Å². The molecule has 1 atom stereocenters. The number of rotatable bonds is 8. The van der Waals surface area contributed by atoms with E-state index in [9.17, 15) is 4.79 Å². The summed E-state index contributed by atoms with van der Waals surface area (Å²) < 4.78 is 15.8. The third kappa shape index (κ3) is 4.80. The fraction of sp³-hybridized carbons (Fsp3) is 0.500. The maximum atomic E-state index is 12.3. The van der Waals surface area contributed by atoms with Crippen LogP contribution in [0.4, 0.5) is 0 Å². The van der Waals surface area contributed by atoms with Gasteiger partial charge in [-0.05, 0) is 50.6 Å². The second-order valence-corrected chi connectivity index (χ2v) is 6.78. The number of ether oxygens (including phenoxy) is 2. The lowest BCUT2D eigenvalue weighted by Gasteiger charge is -2.28. The van der Waals surface area contributed by atoms with Gasteiger partial charge in [-0.15, -0.1) is 0 Å². The summed E-state index contributed by atoms with van der Waals surface area (Å²) in [7, 11) is 3.26. The Kier molecular flexibility index (Phi) is 6.34. The number of aromatic nitrogens is 1. The molecule has 2 heterocycles. The van der Waals surface area contributed by atoms with E-state index in [0.29, 0.717) is 29.5 Å². The highest BCUT2D eigenvalue weighted by molar-refractivity contribution is 5.78. The van der Waals surface area contributed by atoms with Crippen molar-refractivity contribution in [2.24, 2.45) is 0 Å². The summed E-state index contributed by atoms with van der Waals surface area (Å²) in [6.45, 7) is 4.40. The fourth-order valence-corrected chi connectivity index (χ4v) is 3.51. The molecule has 1 unspecified atom stereocenters. The van der Waals surface area contributed by atoms with Crippen LogP contribution in [0.5, 0.6) is 11.5 Å². The Bertz CT molecular complexity index is 768. The quantitative estimate of drug-likeness (QED) is 0.766. The van der Waals surface area contributed by atoms with E-state index in [4.69, 9.17) is 14.0 Å². The van der Waals surface area contributed by atoms with E-state index in [-0.39, 0.29) is 18.4 Å². The largest absolute Gasteiger partial charge is 0.493 e. The minimum atomic E-state index is -0.0621. The maximum absolute atomic E-state index is 12.3. The number of carbonyl (C=O) groups excluding carboxylic acids is 1. The van der Waals surface area contributed by atoms with Gasteiger partial charge in [0, 0.05) is 12.6 Å². The van der Waals surface area contributed by atoms with Gasteiger partial charge in [0.25, 0.3) is 0 Å². The predicted octanol–water partition coefficient (Wildman–Crippen LogP) is 2.50. The zero-order valence-corrected chi connectivity index (χ0v) is 16.2. The Labute approximate surface area is 159 Å². The van der Waals surface area contributed by atoms with E-state index in [1.807, 2.05) is 25.1 Å². The van der Waals surface area contributed by atoms with Gasteiger partial charge in [0.2, 0.25) is 5.91 Å². The Hall–Kier alpha value is -2.54. The molecular formula is C20H27N3O4. The van der Waals surface area contributed by atoms with Crippen molar-refractivity contribution in [2.75, 3.05) is 33.9 Å². The van der Waals surface area contributed by atoms with Crippen LogP contribution in [0, 0.1) is 6.92 Å². The molecule has 0 radical (unpaired) electrons. The number of hydrogen-bond donors (Lipinski definition) is 1. The Morgan fingerprint density at radius 1 is 1.22 bits per heavy atom. The summed E-state index contributed by atoms with van der Waals surface area (Å²) in [5.41, 5.74) is 1.75. The van der Waals surface area contributed by atoms with Gasteiger partial charge in [0.1, 0.15) is 5.76 Å². The molecule has 7 nitrogen and oxygen atoms in total. The first-order chi connectivity index (χ1) is 13.1. The lowest BCUT2D eigenvalue weighted by molar-refractivity contribution is -0.120. The third-order valence-corrected chi connectivity index (χ3v) is 4.88. The van der Waals surface area contributed by atoms with Crippen molar-refractivity contribution in [3.05, 3.63) is 41.3 Å². The third-order valence-electron chi connectivity index (χ3n) is 4.88. The minimum Gasteiger partial charge on any atom is -0.493 e. The first kappa shape index (κ1) is 19.2. The number of benzene rings is 1. The fourth-order valence-electron chi connectivity index (χ4n) is 3.51. The first-order valence-corrected chi connectivity index (χ1v) is 9.25. The van der Waals surface area contributed by atoms with E-state index in [2.05, 4.69) is 15.4 Å². The monoisotopic (exact) mass is 373 g/mol. The zero-order valence-electron chi connectivity index (χ0n) is 16.2. The number of carbonyl (C=O) groups is 1. The van der Waals surface area contributed by atoms with E-state index in [1.165, 1.54) is 12.8 Å². The van der Waals surface area contributed by atoms with Gasteiger partial charge in [0.15, 0.2) is 11.5 Å². The van der Waals surface area contributed by atoms with Gasteiger partial charge < -0.3 is 19.3 Å². The molecule has 1 aromatic carbocycles. The van der Waals surface area contributed by atoms with Crippen LogP contribution in [-0.2, 0) is 11.2 Å². The average Bonchev–Trinajstić information content (AvgIpc) is 3.34. The molecule has 1 aliphatic rings. The summed E-state index contributed by atoms with van der Waals surface area (Å²) in [5.74, 6) is 2.04. The van der Waals surface area contributed by atoms with Crippen LogP contribution in [-0.4, -0.2) is 49.8 Å². The summed E-state index contributed by atoms with van der Waals surface area (Å²) in [6.07, 6.45) is 2.57. The maximum Gasteiger partial charge on any atom is 0.226 e. The highest BCUT2D eigenvalue weighted by Gasteiger charge is 2.25. The highest BCUT2D eigenvalue weighted by Crippen LogP contribution is 2.33. The molecule has 1 amide bonds. The van der Waals surface area contributed by atoms with Crippen molar-refractivity contribution < 1.29 is 18.8 Å². The molecule has 27 heavy (non-hydrogen) atoms. The Balaban J connectivity index is 1.71. The van der Waals surface area contributed by atoms with Crippen molar-refractivity contribution in [2.45, 2.75) is 32.2 Å². The van der Waals surface area contributed by atoms with Gasteiger partial charge in [-0.2, -0.15) is 0 Å². The second-order valence-electron chi connectivity index (χ2n) is 6.78. The molecule has 0 saturated carbocycles. The molecule has 1 aliphatic heterocycles. The second kappa shape index (κ2) is 8.90. The predicted molar refractivity (Wildman–Crippen MR) is 101 cm³/mol. The molecule has 0 bridgehead atoms. The molecule has 3 rings (SSSR count). The Morgan fingerprint density at radius 3 is 2.59 bits per heavy atom. The number of amides is 1. The van der Waals surface area contributed by atoms with Crippen LogP contribution in [0.3, 0.4) is 0 Å². The van der Waals surface area contributed by atoms with Gasteiger partial charge in [0.05, 0.1) is 32.4 Å². The topological polar surface area (TPSA) is 76.8 Å². The van der Waals surface area contributed by atoms with Crippen LogP contribution in [0.25, 0.3) is 0 Å². The van der Waals surface area contributed by atoms with Gasteiger partial charge >= 0.3 is 0 Å². The van der Waals surface area contributed by atoms with E-state index >= 15 is 0 Å². The smallest absolute Gasteiger partial charge is 0.226 e. The molecule has 1 aromatic heterocycles. The summed E-state index contributed by atoms with van der Waals surface area (Å²) in [5, 5.41) is 6.93. The molecule has 146 valence electrons. The lowest BCUT2D eigenvalue weighted by atomic mass is 10.0. The lowest BCUT2D eigenvalue weighted by Crippen LogP contribution is -2.37. The summed E-state index contributed by atoms with van der Waals surface area (Å²) in [4.78, 5) is 14.7. The molecule has 1 N–H and O–H groups in total. The zero-order chi connectivity index (χ0) is 19.2. The van der Waals surface area contributed by atoms with Crippen molar-refractivity contribution in [3.63, 3.8) is 0 Å². The van der Waals surface area contributed by atoms with Gasteiger partial charge in [-0.25, -0.2) is 0 Å². The minimum absolute atomic E-state index is 0.0621. The summed E-state index contributed by atoms with van der Waals surface area (Å²) in [6, 6.07) is 7.82. The van der Waals surface area contributed by atoms with Crippen molar-refractivity contribution in [1.82, 2.24) is 15.4 Å². The van der Waals surface area contributed by atoms with Gasteiger partial charge in [-0.1, -0.05) is 11.2 Å². The number of methoxy groups -OCH3 is 2. The number of nitrogens with one attached hydrogen (secondary N) is 1. The number of hydrogen-bond acceptors (Lipinski definition) is 6. The molecule has 0 aliphatic carbocycles. The number of nitrogens with zero attached hydrogens (tertiary/aromatic N) is 2. The van der Waals surface area contributed by atoms with E-state index in [0.717, 1.165) is 18.7 Å². The molecular weight excluding hydrogens is 346 g/mol. The van der Waals surface area contributed by atoms with Crippen molar-refractivity contribution in [1.29, 1.82) is 0 Å². The highest BCUT2D eigenvalue weighted by atomic mass is 16.5. The van der Waals surface area contributed by atoms with E-state index < -0.39 is 0 Å². The van der Waals surface area contributed by atoms with Crippen LogP contribution in [0.1, 0.15) is 35.9 Å². The van der Waals surface area contributed by atoms with Crippen LogP contribution in [0.2, 0.25) is 0 Å². The standard InChI is InChI=1S/C20H27N3O4/c1-14-10-16(22-27-14)12-20(24)21-13-17(23-8-4-5-9-23)15-6-7-18(25-2)19(11-15)26-3/h6-7,10-11,17H,4-5,8-9,12-13H2,1-3H3,(H,21,24). The average molecular weight is 373 g/mol. The normalized spacial score (nSPS) is 15.5. The Morgan fingerprint density at radius 2 is 1.96 bits per heavy atom. The van der Waals surface area contributed by atoms with Crippen molar-refractivity contribution in [3.8, 4) is 11.5 Å². The molecule has 0 spiro atoms.